The summed E-state index contributed by atoms with van der Waals surface area (Å²) < 4.78 is 5.20. The lowest BCUT2D eigenvalue weighted by molar-refractivity contribution is 0.0522. The minimum Gasteiger partial charge on any atom is -0.478 e. The van der Waals surface area contributed by atoms with Crippen LogP contribution in [-0.2, 0) is 17.7 Å². The number of rotatable bonds is 5. The van der Waals surface area contributed by atoms with Crippen LogP contribution in [0.5, 0.6) is 0 Å². The van der Waals surface area contributed by atoms with Crippen LogP contribution in [0, 0.1) is 0 Å². The van der Waals surface area contributed by atoms with Gasteiger partial charge in [0.05, 0.1) is 28.3 Å². The van der Waals surface area contributed by atoms with Gasteiger partial charge in [0.2, 0.25) is 0 Å². The van der Waals surface area contributed by atoms with Crippen molar-refractivity contribution in [1.29, 1.82) is 0 Å². The lowest BCUT2D eigenvalue weighted by atomic mass is 10.0. The standard InChI is InChI=1S/C22H22ClN3O4/c1-22(2,3)30-21(29)25-12-18-10-15(20(27)28)9-17(26-18)7-13-4-5-19-14(6-13)8-16(23)11-24-19/h4-6,8-11H,7,12H2,1-3H3,(H,25,29)(H,27,28). The zero-order valence-corrected chi connectivity index (χ0v) is 17.7. The maximum absolute atomic E-state index is 11.9. The fourth-order valence-corrected chi connectivity index (χ4v) is 3.07. The number of carboxylic acids is 1. The number of hydrogen-bond acceptors (Lipinski definition) is 5. The molecule has 3 rings (SSSR count). The number of benzene rings is 1. The maximum Gasteiger partial charge on any atom is 0.407 e. The van der Waals surface area contributed by atoms with Gasteiger partial charge in [-0.3, -0.25) is 9.97 Å². The number of carbonyl (C=O) groups is 2. The van der Waals surface area contributed by atoms with Gasteiger partial charge in [-0.05, 0) is 56.7 Å². The number of nitrogens with one attached hydrogen (secondary N) is 1. The van der Waals surface area contributed by atoms with Gasteiger partial charge in [0.1, 0.15) is 5.60 Å². The quantitative estimate of drug-likeness (QED) is 0.617. The van der Waals surface area contributed by atoms with Gasteiger partial charge in [-0.25, -0.2) is 9.59 Å². The van der Waals surface area contributed by atoms with Crippen LogP contribution in [0.25, 0.3) is 10.9 Å². The Hall–Kier alpha value is -3.19. The topological polar surface area (TPSA) is 101 Å². The average molecular weight is 428 g/mol. The summed E-state index contributed by atoms with van der Waals surface area (Å²) in [5.74, 6) is -1.06. The predicted molar refractivity (Wildman–Crippen MR) is 114 cm³/mol. The van der Waals surface area contributed by atoms with Crippen LogP contribution in [0.1, 0.15) is 48.1 Å². The second-order valence-electron chi connectivity index (χ2n) is 7.86. The van der Waals surface area contributed by atoms with Gasteiger partial charge in [-0.2, -0.15) is 0 Å². The Labute approximate surface area is 179 Å². The van der Waals surface area contributed by atoms with E-state index in [1.54, 1.807) is 27.0 Å². The van der Waals surface area contributed by atoms with Gasteiger partial charge >= 0.3 is 12.1 Å². The van der Waals surface area contributed by atoms with Gasteiger partial charge in [-0.15, -0.1) is 0 Å². The molecule has 0 unspecified atom stereocenters. The zero-order valence-electron chi connectivity index (χ0n) is 16.9. The van der Waals surface area contributed by atoms with E-state index in [-0.39, 0.29) is 12.1 Å². The molecule has 1 aromatic carbocycles. The van der Waals surface area contributed by atoms with E-state index in [9.17, 15) is 14.7 Å². The molecule has 3 aromatic rings. The number of aromatic nitrogens is 2. The first-order chi connectivity index (χ1) is 14.1. The largest absolute Gasteiger partial charge is 0.478 e. The van der Waals surface area contributed by atoms with Crippen molar-refractivity contribution < 1.29 is 19.4 Å². The van der Waals surface area contributed by atoms with Crippen molar-refractivity contribution in [3.05, 3.63) is 70.1 Å². The fourth-order valence-electron chi connectivity index (χ4n) is 2.90. The monoisotopic (exact) mass is 427 g/mol. The van der Waals surface area contributed by atoms with Gasteiger partial charge < -0.3 is 15.2 Å². The number of carbonyl (C=O) groups excluding carboxylic acids is 1. The number of fused-ring (bicyclic) bond motifs is 1. The lowest BCUT2D eigenvalue weighted by Gasteiger charge is -2.19. The van der Waals surface area contributed by atoms with Crippen LogP contribution in [-0.4, -0.2) is 32.7 Å². The number of carboxylic acid groups (broad SMARTS) is 1. The molecule has 156 valence electrons. The first-order valence-corrected chi connectivity index (χ1v) is 9.71. The van der Waals surface area contributed by atoms with Gasteiger partial charge in [0.15, 0.2) is 0 Å². The Morgan fingerprint density at radius 1 is 1.13 bits per heavy atom. The summed E-state index contributed by atoms with van der Waals surface area (Å²) in [5.41, 5.74) is 2.24. The molecule has 0 bridgehead atoms. The number of alkyl carbamates (subject to hydrolysis) is 1. The molecule has 0 spiro atoms. The second-order valence-corrected chi connectivity index (χ2v) is 8.29. The first-order valence-electron chi connectivity index (χ1n) is 9.33. The Balaban J connectivity index is 1.82. The SMILES string of the molecule is CC(C)(C)OC(=O)NCc1cc(C(=O)O)cc(Cc2ccc3ncc(Cl)cc3c2)n1. The van der Waals surface area contributed by atoms with Gasteiger partial charge in [0.25, 0.3) is 0 Å². The summed E-state index contributed by atoms with van der Waals surface area (Å²) in [5, 5.41) is 13.5. The highest BCUT2D eigenvalue weighted by atomic mass is 35.5. The molecule has 7 nitrogen and oxygen atoms in total. The van der Waals surface area contributed by atoms with Crippen molar-refractivity contribution in [2.24, 2.45) is 0 Å². The van der Waals surface area contributed by atoms with E-state index in [4.69, 9.17) is 16.3 Å². The maximum atomic E-state index is 11.9. The Kier molecular flexibility index (Phi) is 6.22. The molecule has 2 aromatic heterocycles. The van der Waals surface area contributed by atoms with Gasteiger partial charge in [0, 0.05) is 23.7 Å². The minimum absolute atomic E-state index is 0.0558. The molecule has 30 heavy (non-hydrogen) atoms. The highest BCUT2D eigenvalue weighted by Crippen LogP contribution is 2.20. The molecule has 0 atom stereocenters. The van der Waals surface area contributed by atoms with Crippen molar-refractivity contribution in [2.75, 3.05) is 0 Å². The predicted octanol–water partition coefficient (Wildman–Crippen LogP) is 4.60. The fraction of sp³-hybridized carbons (Fsp3) is 0.273. The summed E-state index contributed by atoms with van der Waals surface area (Å²) in [6, 6.07) is 10.5. The summed E-state index contributed by atoms with van der Waals surface area (Å²) >= 11 is 6.02. The smallest absolute Gasteiger partial charge is 0.407 e. The Bertz CT molecular complexity index is 1110. The Morgan fingerprint density at radius 3 is 2.57 bits per heavy atom. The van der Waals surface area contributed by atoms with Crippen LogP contribution in [0.3, 0.4) is 0 Å². The van der Waals surface area contributed by atoms with Crippen molar-refractivity contribution in [3.63, 3.8) is 0 Å². The summed E-state index contributed by atoms with van der Waals surface area (Å²) in [4.78, 5) is 32.2. The number of pyridine rings is 2. The zero-order chi connectivity index (χ0) is 21.9. The van der Waals surface area contributed by atoms with Crippen molar-refractivity contribution >= 4 is 34.6 Å². The Morgan fingerprint density at radius 2 is 1.87 bits per heavy atom. The normalized spacial score (nSPS) is 11.3. The van der Waals surface area contributed by atoms with Gasteiger partial charge in [-0.1, -0.05) is 17.7 Å². The highest BCUT2D eigenvalue weighted by Gasteiger charge is 2.16. The molecule has 0 radical (unpaired) electrons. The number of aromatic carboxylic acids is 1. The molecular formula is C22H22ClN3O4. The van der Waals surface area contributed by atoms with E-state index >= 15 is 0 Å². The molecule has 0 aliphatic carbocycles. The van der Waals surface area contributed by atoms with Crippen LogP contribution in [0.4, 0.5) is 4.79 Å². The van der Waals surface area contributed by atoms with Crippen LogP contribution in [0.2, 0.25) is 5.02 Å². The lowest BCUT2D eigenvalue weighted by Crippen LogP contribution is -2.32. The molecule has 0 aliphatic heterocycles. The van der Waals surface area contributed by atoms with E-state index in [0.29, 0.717) is 22.8 Å². The van der Waals surface area contributed by atoms with E-state index in [2.05, 4.69) is 15.3 Å². The summed E-state index contributed by atoms with van der Waals surface area (Å²) in [6.07, 6.45) is 1.42. The van der Waals surface area contributed by atoms with Crippen molar-refractivity contribution in [3.8, 4) is 0 Å². The molecule has 8 heteroatoms. The molecule has 1 amide bonds. The minimum atomic E-state index is -1.06. The van der Waals surface area contributed by atoms with E-state index in [0.717, 1.165) is 16.5 Å². The summed E-state index contributed by atoms with van der Waals surface area (Å²) in [6.45, 7) is 5.35. The molecule has 0 saturated carbocycles. The molecule has 2 heterocycles. The van der Waals surface area contributed by atoms with Crippen molar-refractivity contribution in [1.82, 2.24) is 15.3 Å². The third-order valence-corrected chi connectivity index (χ3v) is 4.30. The van der Waals surface area contributed by atoms with E-state index in [1.165, 1.54) is 12.1 Å². The van der Waals surface area contributed by atoms with Crippen molar-refractivity contribution in [2.45, 2.75) is 39.3 Å². The number of amides is 1. The van der Waals surface area contributed by atoms with Crippen LogP contribution >= 0.6 is 11.6 Å². The molecule has 0 saturated heterocycles. The highest BCUT2D eigenvalue weighted by molar-refractivity contribution is 6.31. The van der Waals surface area contributed by atoms with E-state index < -0.39 is 17.7 Å². The average Bonchev–Trinajstić information content (AvgIpc) is 2.64. The number of nitrogens with zero attached hydrogens (tertiary/aromatic N) is 2. The molecular weight excluding hydrogens is 406 g/mol. The van der Waals surface area contributed by atoms with E-state index in [1.807, 2.05) is 24.3 Å². The molecule has 0 aliphatic rings. The molecule has 0 fully saturated rings. The first kappa shape index (κ1) is 21.5. The summed E-state index contributed by atoms with van der Waals surface area (Å²) in [7, 11) is 0. The number of ether oxygens (including phenoxy) is 1. The third-order valence-electron chi connectivity index (χ3n) is 4.09. The second kappa shape index (κ2) is 8.67. The molecule has 2 N–H and O–H groups in total. The number of halogens is 1. The third kappa shape index (κ3) is 5.90. The van der Waals surface area contributed by atoms with Crippen LogP contribution < -0.4 is 5.32 Å². The van der Waals surface area contributed by atoms with Crippen LogP contribution in [0.15, 0.2) is 42.6 Å². The number of hydrogen-bond donors (Lipinski definition) is 2.